The summed E-state index contributed by atoms with van der Waals surface area (Å²) in [5.41, 5.74) is 0.308. The van der Waals surface area contributed by atoms with Gasteiger partial charge in [0.05, 0.1) is 34.1 Å². The fourth-order valence-electron chi connectivity index (χ4n) is 4.03. The third-order valence-corrected chi connectivity index (χ3v) is 6.85. The van der Waals surface area contributed by atoms with Crippen LogP contribution in [0.3, 0.4) is 0 Å². The maximum Gasteiger partial charge on any atom is 0.266 e. The van der Waals surface area contributed by atoms with Crippen LogP contribution in [0, 0.1) is 0 Å². The molecule has 2 aliphatic heterocycles. The van der Waals surface area contributed by atoms with E-state index < -0.39 is 29.9 Å². The predicted molar refractivity (Wildman–Crippen MR) is 117 cm³/mol. The van der Waals surface area contributed by atoms with Crippen molar-refractivity contribution in [3.05, 3.63) is 40.6 Å². The maximum atomic E-state index is 14.6. The molecule has 5 rings (SSSR count). The number of thiazole rings is 1. The molecular formula is C21H21F2N5O4S. The summed E-state index contributed by atoms with van der Waals surface area (Å²) >= 11 is 1.30. The van der Waals surface area contributed by atoms with Crippen LogP contribution in [0.4, 0.5) is 13.9 Å². The van der Waals surface area contributed by atoms with Crippen LogP contribution in [0.15, 0.2) is 29.3 Å². The number of benzene rings is 1. The van der Waals surface area contributed by atoms with E-state index in [1.165, 1.54) is 17.5 Å². The van der Waals surface area contributed by atoms with Gasteiger partial charge in [-0.05, 0) is 6.92 Å². The van der Waals surface area contributed by atoms with Crippen LogP contribution in [0.25, 0.3) is 10.2 Å². The zero-order valence-electron chi connectivity index (χ0n) is 17.6. The molecule has 0 aliphatic carbocycles. The van der Waals surface area contributed by atoms with Gasteiger partial charge in [0.1, 0.15) is 13.2 Å². The number of likely N-dealkylation sites (tertiary alicyclic amines) is 1. The van der Waals surface area contributed by atoms with E-state index in [1.807, 2.05) is 6.07 Å². The van der Waals surface area contributed by atoms with Gasteiger partial charge in [0, 0.05) is 37.8 Å². The summed E-state index contributed by atoms with van der Waals surface area (Å²) in [6.45, 7) is 2.60. The van der Waals surface area contributed by atoms with E-state index >= 15 is 0 Å². The van der Waals surface area contributed by atoms with Gasteiger partial charge in [-0.2, -0.15) is 0 Å². The van der Waals surface area contributed by atoms with E-state index in [0.29, 0.717) is 35.4 Å². The number of carbonyl (C=O) groups excluding carboxylic acids is 1. The molecule has 4 heterocycles. The van der Waals surface area contributed by atoms with E-state index in [9.17, 15) is 18.4 Å². The number of ether oxygens (including phenoxy) is 2. The highest BCUT2D eigenvalue weighted by atomic mass is 32.1. The molecule has 1 aromatic carbocycles. The van der Waals surface area contributed by atoms with Crippen molar-refractivity contribution < 1.29 is 23.0 Å². The van der Waals surface area contributed by atoms with Crippen LogP contribution in [0.1, 0.15) is 25.0 Å². The zero-order chi connectivity index (χ0) is 23.2. The number of nitrogens with one attached hydrogen (secondary N) is 2. The number of amides is 1. The Bertz CT molecular complexity index is 1200. The van der Waals surface area contributed by atoms with Crippen LogP contribution in [0.5, 0.6) is 11.5 Å². The Morgan fingerprint density at radius 3 is 2.82 bits per heavy atom. The number of hydrogen-bond donors (Lipinski definition) is 2. The molecule has 0 spiro atoms. The highest BCUT2D eigenvalue weighted by molar-refractivity contribution is 7.22. The Morgan fingerprint density at radius 2 is 2.09 bits per heavy atom. The van der Waals surface area contributed by atoms with Crippen LogP contribution in [-0.2, 0) is 4.79 Å². The summed E-state index contributed by atoms with van der Waals surface area (Å²) in [5.74, 6) is -3.31. The normalized spacial score (nSPS) is 21.0. The Morgan fingerprint density at radius 1 is 1.33 bits per heavy atom. The molecule has 1 unspecified atom stereocenters. The summed E-state index contributed by atoms with van der Waals surface area (Å²) in [4.78, 5) is 36.6. The largest absolute Gasteiger partial charge is 0.486 e. The lowest BCUT2D eigenvalue weighted by atomic mass is 9.90. The molecule has 3 aromatic rings. The first-order chi connectivity index (χ1) is 15.8. The van der Waals surface area contributed by atoms with Crippen molar-refractivity contribution in [1.82, 2.24) is 19.9 Å². The second-order valence-corrected chi connectivity index (χ2v) is 9.07. The Kier molecular flexibility index (Phi) is 5.49. The smallest absolute Gasteiger partial charge is 0.266 e. The van der Waals surface area contributed by atoms with Gasteiger partial charge in [0.15, 0.2) is 16.6 Å². The number of piperidine rings is 1. The van der Waals surface area contributed by atoms with Gasteiger partial charge in [-0.15, -0.1) is 0 Å². The highest BCUT2D eigenvalue weighted by Gasteiger charge is 2.47. The Balaban J connectivity index is 1.30. The molecule has 2 aromatic heterocycles. The summed E-state index contributed by atoms with van der Waals surface area (Å²) in [7, 11) is 0. The minimum absolute atomic E-state index is 0.0582. The zero-order valence-corrected chi connectivity index (χ0v) is 18.5. The third kappa shape index (κ3) is 4.27. The number of rotatable bonds is 4. The lowest BCUT2D eigenvalue weighted by Crippen LogP contribution is -2.52. The number of H-pyrrole nitrogens is 1. The Hall–Kier alpha value is -3.12. The molecule has 9 nitrogen and oxygen atoms in total. The van der Waals surface area contributed by atoms with Gasteiger partial charge >= 0.3 is 0 Å². The Labute approximate surface area is 190 Å². The van der Waals surface area contributed by atoms with Crippen molar-refractivity contribution >= 4 is 32.6 Å². The van der Waals surface area contributed by atoms with E-state index in [2.05, 4.69) is 20.3 Å². The summed E-state index contributed by atoms with van der Waals surface area (Å²) < 4.78 is 41.2. The lowest BCUT2D eigenvalue weighted by molar-refractivity contribution is -0.125. The summed E-state index contributed by atoms with van der Waals surface area (Å²) in [6, 6.07) is 2.93. The second-order valence-electron chi connectivity index (χ2n) is 8.04. The van der Waals surface area contributed by atoms with Crippen molar-refractivity contribution in [2.75, 3.05) is 31.6 Å². The number of aromatic amines is 1. The lowest BCUT2D eigenvalue weighted by Gasteiger charge is -2.40. The molecule has 174 valence electrons. The molecule has 12 heteroatoms. The van der Waals surface area contributed by atoms with Gasteiger partial charge in [-0.1, -0.05) is 11.3 Å². The van der Waals surface area contributed by atoms with E-state index in [1.54, 1.807) is 17.9 Å². The number of fused-ring (bicyclic) bond motifs is 2. The molecule has 2 atom stereocenters. The third-order valence-electron chi connectivity index (χ3n) is 5.92. The van der Waals surface area contributed by atoms with Crippen molar-refractivity contribution in [3.63, 3.8) is 0 Å². The van der Waals surface area contributed by atoms with Crippen molar-refractivity contribution in [2.24, 2.45) is 0 Å². The number of halogens is 2. The molecule has 2 aliphatic rings. The van der Waals surface area contributed by atoms with Gasteiger partial charge < -0.3 is 19.8 Å². The fraction of sp³-hybridized carbons (Fsp3) is 0.429. The topological polar surface area (TPSA) is 109 Å². The van der Waals surface area contributed by atoms with E-state index in [4.69, 9.17) is 9.47 Å². The van der Waals surface area contributed by atoms with Crippen LogP contribution >= 0.6 is 11.3 Å². The first-order valence-electron chi connectivity index (χ1n) is 10.5. The first kappa shape index (κ1) is 21.7. The fourth-order valence-corrected chi connectivity index (χ4v) is 4.90. The number of aromatic nitrogens is 3. The molecule has 1 amide bonds. The SMILES string of the molecule is C[C@@H](C(=O)Nc1nc2cc3c(cc2s1)OCCO3)N1CCC(F)(F)C(c2c[nH]c(=O)cn2)C1. The average Bonchev–Trinajstić information content (AvgIpc) is 3.18. The number of alkyl halides is 2. The quantitative estimate of drug-likeness (QED) is 0.595. The maximum absolute atomic E-state index is 14.6. The average molecular weight is 477 g/mol. The predicted octanol–water partition coefficient (Wildman–Crippen LogP) is 2.60. The standard InChI is InChI=1S/C21H21F2N5O4S/c1-11(28-3-2-21(22,23)12(10-28)14-8-25-18(29)9-24-14)19(30)27-20-26-13-6-15-16(7-17(13)33-20)32-5-4-31-15/h6-9,11-12H,2-5,10H2,1H3,(H,25,29)(H,26,27,30)/t11-,12?/m0/s1. The highest BCUT2D eigenvalue weighted by Crippen LogP contribution is 2.40. The number of anilines is 1. The monoisotopic (exact) mass is 477 g/mol. The number of nitrogens with zero attached hydrogens (tertiary/aromatic N) is 3. The summed E-state index contributed by atoms with van der Waals surface area (Å²) in [6.07, 6.45) is 1.79. The van der Waals surface area contributed by atoms with Gasteiger partial charge in [-0.25, -0.2) is 13.8 Å². The van der Waals surface area contributed by atoms with Crippen LogP contribution < -0.4 is 20.3 Å². The minimum Gasteiger partial charge on any atom is -0.486 e. The van der Waals surface area contributed by atoms with Gasteiger partial charge in [0.25, 0.3) is 11.5 Å². The van der Waals surface area contributed by atoms with Crippen molar-refractivity contribution in [3.8, 4) is 11.5 Å². The van der Waals surface area contributed by atoms with Crippen molar-refractivity contribution in [1.29, 1.82) is 0 Å². The molecule has 33 heavy (non-hydrogen) atoms. The first-order valence-corrected chi connectivity index (χ1v) is 11.3. The molecule has 0 saturated carbocycles. The molecular weight excluding hydrogens is 456 g/mol. The molecule has 1 saturated heterocycles. The van der Waals surface area contributed by atoms with Gasteiger partial charge in [0.2, 0.25) is 5.91 Å². The number of hydrogen-bond acceptors (Lipinski definition) is 8. The minimum atomic E-state index is -2.99. The van der Waals surface area contributed by atoms with Crippen LogP contribution in [0.2, 0.25) is 0 Å². The van der Waals surface area contributed by atoms with Crippen molar-refractivity contribution in [2.45, 2.75) is 31.2 Å². The van der Waals surface area contributed by atoms with Crippen LogP contribution in [-0.4, -0.2) is 64.0 Å². The molecule has 0 bridgehead atoms. The number of carbonyl (C=O) groups is 1. The summed E-state index contributed by atoms with van der Waals surface area (Å²) in [5, 5.41) is 3.20. The second kappa shape index (κ2) is 8.34. The molecule has 2 N–H and O–H groups in total. The molecule has 0 radical (unpaired) electrons. The van der Waals surface area contributed by atoms with E-state index in [-0.39, 0.29) is 24.7 Å². The van der Waals surface area contributed by atoms with E-state index in [0.717, 1.165) is 10.9 Å². The van der Waals surface area contributed by atoms with Gasteiger partial charge in [-0.3, -0.25) is 19.5 Å². The molecule has 1 fully saturated rings.